The van der Waals surface area contributed by atoms with Crippen molar-refractivity contribution in [2.45, 2.75) is 32.9 Å². The lowest BCUT2D eigenvalue weighted by Crippen LogP contribution is -2.48. The lowest BCUT2D eigenvalue weighted by molar-refractivity contribution is -0.136. The molecule has 0 spiro atoms. The molecule has 0 aromatic carbocycles. The Kier molecular flexibility index (Phi) is 8.04. The number of pyridine rings is 2. The number of carbonyl (C=O) groups excluding carboxylic acids is 3. The summed E-state index contributed by atoms with van der Waals surface area (Å²) in [7, 11) is 1.91. The van der Waals surface area contributed by atoms with Crippen LogP contribution in [0.2, 0.25) is 0 Å². The van der Waals surface area contributed by atoms with Crippen LogP contribution in [0.3, 0.4) is 0 Å². The van der Waals surface area contributed by atoms with Crippen molar-refractivity contribution in [1.82, 2.24) is 19.8 Å². The van der Waals surface area contributed by atoms with Gasteiger partial charge in [0.1, 0.15) is 23.4 Å². The van der Waals surface area contributed by atoms with E-state index in [9.17, 15) is 19.6 Å². The highest BCUT2D eigenvalue weighted by Crippen LogP contribution is 2.29. The first-order valence-corrected chi connectivity index (χ1v) is 13.9. The molecule has 5 rings (SSSR count). The minimum Gasteiger partial charge on any atom is -0.379 e. The summed E-state index contributed by atoms with van der Waals surface area (Å²) in [5.41, 5.74) is 2.70. The first kappa shape index (κ1) is 27.2. The molecule has 3 aromatic heterocycles. The number of rotatable bonds is 7. The van der Waals surface area contributed by atoms with Gasteiger partial charge in [-0.15, -0.1) is 11.3 Å². The number of aldehydes is 1. The van der Waals surface area contributed by atoms with Gasteiger partial charge in [-0.25, -0.2) is 14.8 Å². The van der Waals surface area contributed by atoms with E-state index in [0.29, 0.717) is 73.9 Å². The van der Waals surface area contributed by atoms with E-state index in [1.54, 1.807) is 22.3 Å². The Bertz CT molecular complexity index is 1500. The van der Waals surface area contributed by atoms with Gasteiger partial charge in [-0.05, 0) is 50.6 Å². The zero-order valence-electron chi connectivity index (χ0n) is 22.4. The molecule has 5 heterocycles. The zero-order chi connectivity index (χ0) is 28.2. The number of piperazine rings is 1. The Labute approximate surface area is 236 Å². The number of anilines is 3. The first-order chi connectivity index (χ1) is 19.3. The van der Waals surface area contributed by atoms with Gasteiger partial charge in [0, 0.05) is 60.3 Å². The summed E-state index contributed by atoms with van der Waals surface area (Å²) >= 11 is 1.67. The number of amides is 3. The molecule has 12 heteroatoms. The SMILES string of the molecule is Cc1ccc(CNc2cc(NC(=O)N3CCCc4cc(CN5CCN(C)CC5=O)c(C=O)nc43)ncc2C#N)s1. The van der Waals surface area contributed by atoms with E-state index in [2.05, 4.69) is 26.7 Å². The van der Waals surface area contributed by atoms with Crippen LogP contribution in [-0.2, 0) is 24.3 Å². The van der Waals surface area contributed by atoms with E-state index in [1.165, 1.54) is 16.0 Å². The fourth-order valence-corrected chi connectivity index (χ4v) is 5.71. The molecule has 0 unspecified atom stereocenters. The van der Waals surface area contributed by atoms with Gasteiger partial charge in [-0.1, -0.05) is 0 Å². The van der Waals surface area contributed by atoms with Crippen LogP contribution < -0.4 is 15.5 Å². The van der Waals surface area contributed by atoms with Crippen LogP contribution in [0.5, 0.6) is 0 Å². The smallest absolute Gasteiger partial charge is 0.328 e. The number of nitrogens with one attached hydrogen (secondary N) is 2. The summed E-state index contributed by atoms with van der Waals surface area (Å²) in [6.45, 7) is 5.02. The molecule has 1 fully saturated rings. The Morgan fingerprint density at radius 2 is 2.10 bits per heavy atom. The molecule has 3 amide bonds. The molecule has 0 atom stereocenters. The third-order valence-corrected chi connectivity index (χ3v) is 8.01. The van der Waals surface area contributed by atoms with Crippen molar-refractivity contribution in [3.63, 3.8) is 0 Å². The molecule has 2 N–H and O–H groups in total. The number of aromatic nitrogens is 2. The van der Waals surface area contributed by atoms with Gasteiger partial charge in [-0.2, -0.15) is 5.26 Å². The molecule has 2 aliphatic heterocycles. The van der Waals surface area contributed by atoms with Crippen LogP contribution in [0.4, 0.5) is 22.1 Å². The molecule has 206 valence electrons. The average molecular weight is 559 g/mol. The van der Waals surface area contributed by atoms with Gasteiger partial charge in [0.05, 0.1) is 17.8 Å². The summed E-state index contributed by atoms with van der Waals surface area (Å²) in [4.78, 5) is 54.2. The summed E-state index contributed by atoms with van der Waals surface area (Å²) in [6, 6.07) is 9.32. The van der Waals surface area contributed by atoms with E-state index in [1.807, 2.05) is 37.1 Å². The molecule has 1 saturated heterocycles. The maximum atomic E-state index is 13.4. The summed E-state index contributed by atoms with van der Waals surface area (Å²) in [5.74, 6) is 0.736. The second-order valence-corrected chi connectivity index (χ2v) is 11.3. The van der Waals surface area contributed by atoms with Gasteiger partial charge in [0.2, 0.25) is 5.91 Å². The number of carbonyl (C=O) groups is 3. The van der Waals surface area contributed by atoms with Gasteiger partial charge < -0.3 is 10.2 Å². The lowest BCUT2D eigenvalue weighted by atomic mass is 10.0. The third-order valence-electron chi connectivity index (χ3n) is 7.01. The number of nitriles is 1. The van der Waals surface area contributed by atoms with Crippen LogP contribution in [0.25, 0.3) is 0 Å². The maximum absolute atomic E-state index is 13.4. The monoisotopic (exact) mass is 558 g/mol. The predicted octanol–water partition coefficient (Wildman–Crippen LogP) is 3.40. The second kappa shape index (κ2) is 11.8. The van der Waals surface area contributed by atoms with Crippen molar-refractivity contribution in [1.29, 1.82) is 5.26 Å². The van der Waals surface area contributed by atoms with E-state index in [0.717, 1.165) is 23.4 Å². The zero-order valence-corrected chi connectivity index (χ0v) is 23.3. The average Bonchev–Trinajstić information content (AvgIpc) is 3.37. The Hall–Kier alpha value is -4.34. The standard InChI is InChI=1S/C28H30N8O3S/c1-18-5-6-22(40-18)14-30-23-11-25(31-13-21(23)12-29)33-28(39)36-7-3-4-19-10-20(24(17-37)32-27(19)36)15-35-9-8-34(2)16-26(35)38/h5-6,10-11,13,17H,3-4,7-9,14-16H2,1-2H3,(H2,30,31,33,39). The Morgan fingerprint density at radius 3 is 2.83 bits per heavy atom. The molecule has 11 nitrogen and oxygen atoms in total. The summed E-state index contributed by atoms with van der Waals surface area (Å²) in [5, 5.41) is 15.6. The largest absolute Gasteiger partial charge is 0.379 e. The highest BCUT2D eigenvalue weighted by Gasteiger charge is 2.28. The fraction of sp³-hybridized carbons (Fsp3) is 0.357. The highest BCUT2D eigenvalue weighted by atomic mass is 32.1. The van der Waals surface area contributed by atoms with Crippen LogP contribution in [0.15, 0.2) is 30.5 Å². The predicted molar refractivity (Wildman–Crippen MR) is 153 cm³/mol. The van der Waals surface area contributed by atoms with Crippen molar-refractivity contribution < 1.29 is 14.4 Å². The topological polar surface area (TPSA) is 135 Å². The molecule has 40 heavy (non-hydrogen) atoms. The molecular formula is C28H30N8O3S. The molecule has 0 bridgehead atoms. The molecule has 0 saturated carbocycles. The minimum atomic E-state index is -0.427. The van der Waals surface area contributed by atoms with Gasteiger partial charge in [-0.3, -0.25) is 24.7 Å². The minimum absolute atomic E-state index is 0.0126. The van der Waals surface area contributed by atoms with Crippen molar-refractivity contribution in [2.24, 2.45) is 0 Å². The highest BCUT2D eigenvalue weighted by molar-refractivity contribution is 7.11. The van der Waals surface area contributed by atoms with Crippen LogP contribution >= 0.6 is 11.3 Å². The first-order valence-electron chi connectivity index (χ1n) is 13.1. The Morgan fingerprint density at radius 1 is 1.25 bits per heavy atom. The number of urea groups is 1. The molecular weight excluding hydrogens is 528 g/mol. The van der Waals surface area contributed by atoms with Crippen LogP contribution in [0.1, 0.15) is 43.4 Å². The van der Waals surface area contributed by atoms with E-state index in [4.69, 9.17) is 0 Å². The second-order valence-electron chi connectivity index (χ2n) is 9.96. The van der Waals surface area contributed by atoms with E-state index >= 15 is 0 Å². The van der Waals surface area contributed by atoms with Crippen molar-refractivity contribution in [2.75, 3.05) is 48.8 Å². The molecule has 0 radical (unpaired) electrons. The summed E-state index contributed by atoms with van der Waals surface area (Å²) < 4.78 is 0. The number of nitrogens with zero attached hydrogens (tertiary/aromatic N) is 6. The Balaban J connectivity index is 1.33. The fourth-order valence-electron chi connectivity index (χ4n) is 4.88. The van der Waals surface area contributed by atoms with Crippen LogP contribution in [0, 0.1) is 18.3 Å². The number of likely N-dealkylation sites (N-methyl/N-ethyl adjacent to an activating group) is 1. The molecule has 2 aliphatic rings. The van der Waals surface area contributed by atoms with E-state index < -0.39 is 6.03 Å². The number of aryl methyl sites for hydroxylation is 2. The van der Waals surface area contributed by atoms with Gasteiger partial charge in [0.25, 0.3) is 0 Å². The van der Waals surface area contributed by atoms with Crippen molar-refractivity contribution in [3.05, 3.63) is 62.6 Å². The maximum Gasteiger partial charge on any atom is 0.328 e. The van der Waals surface area contributed by atoms with Gasteiger partial charge in [0.15, 0.2) is 6.29 Å². The number of thiophene rings is 1. The molecule has 3 aromatic rings. The van der Waals surface area contributed by atoms with Gasteiger partial charge >= 0.3 is 6.03 Å². The van der Waals surface area contributed by atoms with Crippen molar-refractivity contribution >= 4 is 46.9 Å². The number of hydrogen-bond donors (Lipinski definition) is 2. The van der Waals surface area contributed by atoms with Crippen molar-refractivity contribution in [3.8, 4) is 6.07 Å². The van der Waals surface area contributed by atoms with E-state index in [-0.39, 0.29) is 11.6 Å². The number of fused-ring (bicyclic) bond motifs is 1. The molecule has 0 aliphatic carbocycles. The quantitative estimate of drug-likeness (QED) is 0.422. The number of hydrogen-bond acceptors (Lipinski definition) is 9. The third kappa shape index (κ3) is 5.95. The summed E-state index contributed by atoms with van der Waals surface area (Å²) in [6.07, 6.45) is 3.54. The van der Waals surface area contributed by atoms with Crippen LogP contribution in [-0.4, -0.2) is 71.2 Å². The lowest BCUT2D eigenvalue weighted by Gasteiger charge is -2.33. The normalized spacial score (nSPS) is 15.4.